The molecule has 4 rings (SSSR count). The molecule has 0 atom stereocenters. The zero-order chi connectivity index (χ0) is 20.4. The molecule has 0 aliphatic carbocycles. The average Bonchev–Trinajstić information content (AvgIpc) is 3.16. The quantitative estimate of drug-likeness (QED) is 0.652. The topological polar surface area (TPSA) is 54.3 Å². The summed E-state index contributed by atoms with van der Waals surface area (Å²) in [6, 6.07) is 12.8. The van der Waals surface area contributed by atoms with Crippen LogP contribution in [0.1, 0.15) is 26.2 Å². The Morgan fingerprint density at radius 3 is 2.48 bits per heavy atom. The number of halogens is 1. The Hall–Kier alpha value is -2.38. The highest BCUT2D eigenvalue weighted by molar-refractivity contribution is 7.90. The monoisotopic (exact) mass is 415 g/mol. The Labute approximate surface area is 171 Å². The minimum atomic E-state index is -3.79. The average molecular weight is 416 g/mol. The number of rotatable bonds is 6. The summed E-state index contributed by atoms with van der Waals surface area (Å²) in [5.74, 6) is -0.460. The first-order valence-electron chi connectivity index (χ1n) is 10.1. The second-order valence-electron chi connectivity index (χ2n) is 7.57. The van der Waals surface area contributed by atoms with Crippen molar-refractivity contribution in [3.63, 3.8) is 0 Å². The molecule has 1 aliphatic heterocycles. The van der Waals surface area contributed by atoms with E-state index >= 15 is 0 Å². The Balaban J connectivity index is 1.60. The number of nitrogens with one attached hydrogen (secondary N) is 1. The van der Waals surface area contributed by atoms with Gasteiger partial charge in [-0.2, -0.15) is 0 Å². The lowest BCUT2D eigenvalue weighted by Gasteiger charge is -2.32. The molecule has 2 heterocycles. The van der Waals surface area contributed by atoms with E-state index in [-0.39, 0.29) is 4.90 Å². The van der Waals surface area contributed by atoms with E-state index in [0.717, 1.165) is 55.7 Å². The summed E-state index contributed by atoms with van der Waals surface area (Å²) >= 11 is 0. The van der Waals surface area contributed by atoms with E-state index in [1.54, 1.807) is 12.3 Å². The first kappa shape index (κ1) is 19.9. The molecule has 1 aliphatic rings. The molecule has 0 spiro atoms. The highest BCUT2D eigenvalue weighted by Gasteiger charge is 2.22. The summed E-state index contributed by atoms with van der Waals surface area (Å²) in [5, 5.41) is 4.48. The smallest absolute Gasteiger partial charge is 0.268 e. The van der Waals surface area contributed by atoms with Crippen LogP contribution in [0, 0.1) is 5.82 Å². The molecule has 1 aromatic heterocycles. The molecule has 0 unspecified atom stereocenters. The summed E-state index contributed by atoms with van der Waals surface area (Å²) in [6.07, 6.45) is 4.89. The lowest BCUT2D eigenvalue weighted by Crippen LogP contribution is -2.39. The summed E-state index contributed by atoms with van der Waals surface area (Å²) in [6.45, 7) is 5.52. The zero-order valence-corrected chi connectivity index (χ0v) is 17.3. The van der Waals surface area contributed by atoms with Gasteiger partial charge in [-0.15, -0.1) is 0 Å². The van der Waals surface area contributed by atoms with Crippen LogP contribution in [0.25, 0.3) is 10.9 Å². The van der Waals surface area contributed by atoms with Gasteiger partial charge in [0.25, 0.3) is 10.0 Å². The van der Waals surface area contributed by atoms with Crippen molar-refractivity contribution in [2.75, 3.05) is 25.0 Å². The second kappa shape index (κ2) is 8.16. The maximum atomic E-state index is 13.2. The minimum Gasteiger partial charge on any atom is -0.382 e. The van der Waals surface area contributed by atoms with Gasteiger partial charge in [0.15, 0.2) is 0 Å². The number of hydrogen-bond donors (Lipinski definition) is 1. The summed E-state index contributed by atoms with van der Waals surface area (Å²) in [5.41, 5.74) is 1.56. The van der Waals surface area contributed by atoms with Gasteiger partial charge in [-0.05, 0) is 68.3 Å². The van der Waals surface area contributed by atoms with Crippen molar-refractivity contribution in [1.82, 2.24) is 8.87 Å². The van der Waals surface area contributed by atoms with Gasteiger partial charge >= 0.3 is 0 Å². The van der Waals surface area contributed by atoms with Gasteiger partial charge in [-0.1, -0.05) is 13.0 Å². The number of benzene rings is 2. The fourth-order valence-electron chi connectivity index (χ4n) is 4.04. The van der Waals surface area contributed by atoms with Crippen LogP contribution < -0.4 is 5.32 Å². The molecule has 1 N–H and O–H groups in total. The van der Waals surface area contributed by atoms with E-state index in [1.165, 1.54) is 22.5 Å². The molecule has 7 heteroatoms. The van der Waals surface area contributed by atoms with Crippen LogP contribution in [0.5, 0.6) is 0 Å². The lowest BCUT2D eigenvalue weighted by atomic mass is 10.0. The summed E-state index contributed by atoms with van der Waals surface area (Å²) in [4.78, 5) is 2.56. The van der Waals surface area contributed by atoms with E-state index < -0.39 is 15.8 Å². The molecule has 1 saturated heterocycles. The summed E-state index contributed by atoms with van der Waals surface area (Å²) < 4.78 is 40.5. The molecule has 29 heavy (non-hydrogen) atoms. The fourth-order valence-corrected chi connectivity index (χ4v) is 5.38. The number of piperidine rings is 1. The molecule has 0 radical (unpaired) electrons. The number of anilines is 1. The van der Waals surface area contributed by atoms with Gasteiger partial charge in [0.1, 0.15) is 5.82 Å². The van der Waals surface area contributed by atoms with Crippen molar-refractivity contribution in [3.05, 3.63) is 60.5 Å². The number of hydrogen-bond acceptors (Lipinski definition) is 4. The van der Waals surface area contributed by atoms with Crippen LogP contribution in [0.4, 0.5) is 10.1 Å². The maximum Gasteiger partial charge on any atom is 0.268 e. The number of likely N-dealkylation sites (tertiary alicyclic amines) is 1. The van der Waals surface area contributed by atoms with Gasteiger partial charge in [0, 0.05) is 36.4 Å². The van der Waals surface area contributed by atoms with Gasteiger partial charge in [0.2, 0.25) is 0 Å². The lowest BCUT2D eigenvalue weighted by molar-refractivity contribution is 0.219. The second-order valence-corrected chi connectivity index (χ2v) is 9.38. The van der Waals surface area contributed by atoms with E-state index in [2.05, 4.69) is 17.1 Å². The molecule has 3 aromatic rings. The molecule has 0 bridgehead atoms. The highest BCUT2D eigenvalue weighted by atomic mass is 32.2. The number of fused-ring (bicyclic) bond motifs is 1. The molecule has 2 aromatic carbocycles. The molecular weight excluding hydrogens is 389 g/mol. The normalized spacial score (nSPS) is 16.3. The molecular formula is C22H26FN3O2S. The van der Waals surface area contributed by atoms with Crippen LogP contribution in [-0.4, -0.2) is 43.0 Å². The van der Waals surface area contributed by atoms with Crippen molar-refractivity contribution >= 4 is 26.6 Å². The molecule has 0 saturated carbocycles. The third-order valence-electron chi connectivity index (χ3n) is 5.55. The maximum absolute atomic E-state index is 13.2. The van der Waals surface area contributed by atoms with Crippen LogP contribution in [0.3, 0.4) is 0 Å². The predicted molar refractivity (Wildman–Crippen MR) is 114 cm³/mol. The standard InChI is InChI=1S/C22H26FN3O2S/c1-2-13-25-14-10-18(11-15-25)24-21-4-3-5-22-20(21)12-16-26(22)29(27,28)19-8-6-17(23)7-9-19/h3-9,12,16,18,24H,2,10-11,13-15H2,1H3. The Kier molecular flexibility index (Phi) is 5.61. The largest absolute Gasteiger partial charge is 0.382 e. The third-order valence-corrected chi connectivity index (χ3v) is 7.26. The fraction of sp³-hybridized carbons (Fsp3) is 0.364. The number of nitrogens with zero attached hydrogens (tertiary/aromatic N) is 2. The highest BCUT2D eigenvalue weighted by Crippen LogP contribution is 2.29. The SMILES string of the molecule is CCCN1CCC(Nc2cccc3c2ccn3S(=O)(=O)c2ccc(F)cc2)CC1. The van der Waals surface area contributed by atoms with Crippen LogP contribution in [0.15, 0.2) is 59.6 Å². The molecule has 1 fully saturated rings. The first-order chi connectivity index (χ1) is 14.0. The minimum absolute atomic E-state index is 0.0676. The third kappa shape index (κ3) is 4.02. The van der Waals surface area contributed by atoms with E-state index in [4.69, 9.17) is 0 Å². The van der Waals surface area contributed by atoms with Crippen molar-refractivity contribution < 1.29 is 12.8 Å². The Morgan fingerprint density at radius 1 is 1.07 bits per heavy atom. The van der Waals surface area contributed by atoms with Crippen LogP contribution >= 0.6 is 0 Å². The first-order valence-corrected chi connectivity index (χ1v) is 11.5. The van der Waals surface area contributed by atoms with Crippen molar-refractivity contribution in [1.29, 1.82) is 0 Å². The van der Waals surface area contributed by atoms with E-state index in [1.807, 2.05) is 18.2 Å². The number of aromatic nitrogens is 1. The van der Waals surface area contributed by atoms with Crippen molar-refractivity contribution in [2.45, 2.75) is 37.1 Å². The molecule has 154 valence electrons. The Morgan fingerprint density at radius 2 is 1.79 bits per heavy atom. The van der Waals surface area contributed by atoms with Gasteiger partial charge in [0.05, 0.1) is 10.4 Å². The summed E-state index contributed by atoms with van der Waals surface area (Å²) in [7, 11) is -3.79. The van der Waals surface area contributed by atoms with Gasteiger partial charge in [-0.25, -0.2) is 16.8 Å². The molecule has 0 amide bonds. The van der Waals surface area contributed by atoms with Gasteiger partial charge < -0.3 is 10.2 Å². The van der Waals surface area contributed by atoms with Crippen LogP contribution in [0.2, 0.25) is 0 Å². The predicted octanol–water partition coefficient (Wildman–Crippen LogP) is 4.30. The van der Waals surface area contributed by atoms with Gasteiger partial charge in [-0.3, -0.25) is 0 Å². The zero-order valence-electron chi connectivity index (χ0n) is 16.5. The molecule has 5 nitrogen and oxygen atoms in total. The van der Waals surface area contributed by atoms with Crippen LogP contribution in [-0.2, 0) is 10.0 Å². The van der Waals surface area contributed by atoms with E-state index in [9.17, 15) is 12.8 Å². The van der Waals surface area contributed by atoms with Crippen molar-refractivity contribution in [3.8, 4) is 0 Å². The Bertz CT molecular complexity index is 1080. The van der Waals surface area contributed by atoms with Crippen molar-refractivity contribution in [2.24, 2.45) is 0 Å². The van der Waals surface area contributed by atoms with E-state index in [0.29, 0.717) is 11.6 Å².